The van der Waals surface area contributed by atoms with Crippen LogP contribution in [0.15, 0.2) is 30.6 Å². The number of anilines is 1. The average molecular weight is 314 g/mol. The van der Waals surface area contributed by atoms with E-state index in [1.807, 2.05) is 38.1 Å². The van der Waals surface area contributed by atoms with Gasteiger partial charge < -0.3 is 15.0 Å². The van der Waals surface area contributed by atoms with E-state index in [0.717, 1.165) is 42.3 Å². The maximum atomic E-state index is 12.2. The van der Waals surface area contributed by atoms with Crippen molar-refractivity contribution in [3.8, 4) is 5.75 Å². The van der Waals surface area contributed by atoms with Gasteiger partial charge in [0.1, 0.15) is 5.75 Å². The molecule has 0 unspecified atom stereocenters. The zero-order valence-electron chi connectivity index (χ0n) is 13.5. The third-order valence-electron chi connectivity index (χ3n) is 3.73. The number of ether oxygens (including phenoxy) is 1. The van der Waals surface area contributed by atoms with Gasteiger partial charge in [-0.1, -0.05) is 0 Å². The number of nitrogens with one attached hydrogen (secondary N) is 2. The van der Waals surface area contributed by atoms with Crippen molar-refractivity contribution in [2.45, 2.75) is 32.9 Å². The molecule has 6 nitrogen and oxygen atoms in total. The first-order valence-electron chi connectivity index (χ1n) is 7.90. The lowest BCUT2D eigenvalue weighted by Gasteiger charge is -2.25. The quantitative estimate of drug-likeness (QED) is 0.887. The maximum Gasteiger partial charge on any atom is 0.238 e. The van der Waals surface area contributed by atoms with Gasteiger partial charge in [-0.05, 0) is 38.1 Å². The number of amides is 1. The number of hydrogen-bond acceptors (Lipinski definition) is 4. The fourth-order valence-corrected chi connectivity index (χ4v) is 2.70. The molecule has 0 radical (unpaired) electrons. The lowest BCUT2D eigenvalue weighted by Crippen LogP contribution is -2.37. The molecule has 3 rings (SSSR count). The van der Waals surface area contributed by atoms with Gasteiger partial charge in [0.05, 0.1) is 30.4 Å². The molecule has 6 heteroatoms. The van der Waals surface area contributed by atoms with Gasteiger partial charge in [-0.2, -0.15) is 0 Å². The molecule has 2 aromatic rings. The average Bonchev–Trinajstić information content (AvgIpc) is 2.96. The van der Waals surface area contributed by atoms with Crippen molar-refractivity contribution in [1.82, 2.24) is 14.9 Å². The highest BCUT2D eigenvalue weighted by Crippen LogP contribution is 2.18. The normalized spacial score (nSPS) is 14.6. The predicted octanol–water partition coefficient (Wildman–Crippen LogP) is 2.19. The SMILES string of the molecule is CC(C)Oc1ccc(NC(=O)CN2CCc3nc[nH]c3C2)cc1. The third-order valence-corrected chi connectivity index (χ3v) is 3.73. The predicted molar refractivity (Wildman–Crippen MR) is 88.4 cm³/mol. The van der Waals surface area contributed by atoms with Crippen LogP contribution in [0.4, 0.5) is 5.69 Å². The summed E-state index contributed by atoms with van der Waals surface area (Å²) in [6.45, 7) is 5.94. The first kappa shape index (κ1) is 15.6. The Bertz CT molecular complexity index is 663. The molecule has 122 valence electrons. The van der Waals surface area contributed by atoms with E-state index >= 15 is 0 Å². The van der Waals surface area contributed by atoms with E-state index in [-0.39, 0.29) is 12.0 Å². The standard InChI is InChI=1S/C17H22N4O2/c1-12(2)23-14-5-3-13(4-6-14)20-17(22)10-21-8-7-15-16(9-21)19-11-18-15/h3-6,11-12H,7-10H2,1-2H3,(H,18,19)(H,20,22). The second-order valence-electron chi connectivity index (χ2n) is 6.03. The van der Waals surface area contributed by atoms with E-state index in [1.54, 1.807) is 6.33 Å². The van der Waals surface area contributed by atoms with E-state index < -0.39 is 0 Å². The Morgan fingerprint density at radius 2 is 2.17 bits per heavy atom. The highest BCUT2D eigenvalue weighted by molar-refractivity contribution is 5.92. The number of aromatic amines is 1. The molecule has 1 aliphatic heterocycles. The van der Waals surface area contributed by atoms with Gasteiger partial charge in [0.2, 0.25) is 5.91 Å². The first-order chi connectivity index (χ1) is 11.1. The van der Waals surface area contributed by atoms with E-state index in [1.165, 1.54) is 0 Å². The Morgan fingerprint density at radius 1 is 1.39 bits per heavy atom. The van der Waals surface area contributed by atoms with Gasteiger partial charge in [0, 0.05) is 25.2 Å². The zero-order valence-corrected chi connectivity index (χ0v) is 13.5. The molecule has 1 aromatic heterocycles. The topological polar surface area (TPSA) is 70.2 Å². The number of aromatic nitrogens is 2. The van der Waals surface area contributed by atoms with Crippen LogP contribution < -0.4 is 10.1 Å². The highest BCUT2D eigenvalue weighted by atomic mass is 16.5. The summed E-state index contributed by atoms with van der Waals surface area (Å²) in [4.78, 5) is 21.7. The molecule has 0 saturated carbocycles. The van der Waals surface area contributed by atoms with Crippen molar-refractivity contribution in [2.24, 2.45) is 0 Å². The van der Waals surface area contributed by atoms with Crippen LogP contribution in [0.2, 0.25) is 0 Å². The summed E-state index contributed by atoms with van der Waals surface area (Å²) < 4.78 is 5.59. The van der Waals surface area contributed by atoms with Crippen LogP contribution in [0.3, 0.4) is 0 Å². The van der Waals surface area contributed by atoms with Gasteiger partial charge in [-0.15, -0.1) is 0 Å². The first-order valence-corrected chi connectivity index (χ1v) is 7.90. The molecule has 0 bridgehead atoms. The Morgan fingerprint density at radius 3 is 2.91 bits per heavy atom. The molecule has 0 fully saturated rings. The van der Waals surface area contributed by atoms with Crippen molar-refractivity contribution < 1.29 is 9.53 Å². The van der Waals surface area contributed by atoms with E-state index in [0.29, 0.717) is 6.54 Å². The van der Waals surface area contributed by atoms with Crippen LogP contribution >= 0.6 is 0 Å². The van der Waals surface area contributed by atoms with E-state index in [9.17, 15) is 4.79 Å². The Balaban J connectivity index is 1.51. The molecule has 0 spiro atoms. The summed E-state index contributed by atoms with van der Waals surface area (Å²) in [5, 5.41) is 2.93. The summed E-state index contributed by atoms with van der Waals surface area (Å²) in [7, 11) is 0. The van der Waals surface area contributed by atoms with Gasteiger partial charge in [0.25, 0.3) is 0 Å². The van der Waals surface area contributed by atoms with Crippen LogP contribution in [-0.2, 0) is 17.8 Å². The minimum absolute atomic E-state index is 0.00880. The molecule has 2 heterocycles. The molecule has 0 saturated heterocycles. The minimum Gasteiger partial charge on any atom is -0.491 e. The van der Waals surface area contributed by atoms with Crippen molar-refractivity contribution in [3.63, 3.8) is 0 Å². The highest BCUT2D eigenvalue weighted by Gasteiger charge is 2.20. The van der Waals surface area contributed by atoms with Crippen molar-refractivity contribution in [2.75, 3.05) is 18.4 Å². The molecular formula is C17H22N4O2. The van der Waals surface area contributed by atoms with Crippen LogP contribution in [0, 0.1) is 0 Å². The fraction of sp³-hybridized carbons (Fsp3) is 0.412. The van der Waals surface area contributed by atoms with Gasteiger partial charge in [-0.3, -0.25) is 9.69 Å². The summed E-state index contributed by atoms with van der Waals surface area (Å²) in [5.41, 5.74) is 3.01. The molecule has 2 N–H and O–H groups in total. The summed E-state index contributed by atoms with van der Waals surface area (Å²) in [5.74, 6) is 0.797. The molecule has 1 amide bonds. The molecule has 1 aromatic carbocycles. The third kappa shape index (κ3) is 4.10. The molecule has 0 atom stereocenters. The maximum absolute atomic E-state index is 12.2. The smallest absolute Gasteiger partial charge is 0.238 e. The van der Waals surface area contributed by atoms with E-state index in [4.69, 9.17) is 4.74 Å². The number of hydrogen-bond donors (Lipinski definition) is 2. The fourth-order valence-electron chi connectivity index (χ4n) is 2.70. The lowest BCUT2D eigenvalue weighted by atomic mass is 10.1. The molecule has 0 aliphatic carbocycles. The van der Waals surface area contributed by atoms with Crippen molar-refractivity contribution in [1.29, 1.82) is 0 Å². The van der Waals surface area contributed by atoms with Gasteiger partial charge >= 0.3 is 0 Å². The molecular weight excluding hydrogens is 292 g/mol. The number of fused-ring (bicyclic) bond motifs is 1. The number of carbonyl (C=O) groups is 1. The van der Waals surface area contributed by atoms with Gasteiger partial charge in [0.15, 0.2) is 0 Å². The van der Waals surface area contributed by atoms with Crippen LogP contribution in [-0.4, -0.2) is 40.0 Å². The number of carbonyl (C=O) groups excluding carboxylic acids is 1. The molecule has 23 heavy (non-hydrogen) atoms. The summed E-state index contributed by atoms with van der Waals surface area (Å²) in [6, 6.07) is 7.46. The number of nitrogens with zero attached hydrogens (tertiary/aromatic N) is 2. The molecule has 1 aliphatic rings. The Hall–Kier alpha value is -2.34. The van der Waals surface area contributed by atoms with Crippen molar-refractivity contribution >= 4 is 11.6 Å². The van der Waals surface area contributed by atoms with E-state index in [2.05, 4.69) is 20.2 Å². The monoisotopic (exact) mass is 314 g/mol. The van der Waals surface area contributed by atoms with Gasteiger partial charge in [-0.25, -0.2) is 4.98 Å². The second kappa shape index (κ2) is 6.83. The summed E-state index contributed by atoms with van der Waals surface area (Å²) >= 11 is 0. The second-order valence-corrected chi connectivity index (χ2v) is 6.03. The summed E-state index contributed by atoms with van der Waals surface area (Å²) in [6.07, 6.45) is 2.74. The van der Waals surface area contributed by atoms with Crippen molar-refractivity contribution in [3.05, 3.63) is 42.0 Å². The zero-order chi connectivity index (χ0) is 16.2. The largest absolute Gasteiger partial charge is 0.491 e. The van der Waals surface area contributed by atoms with Crippen LogP contribution in [0.25, 0.3) is 0 Å². The number of rotatable bonds is 5. The number of imidazole rings is 1. The lowest BCUT2D eigenvalue weighted by molar-refractivity contribution is -0.117. The Labute approximate surface area is 135 Å². The number of H-pyrrole nitrogens is 1. The Kier molecular flexibility index (Phi) is 4.62. The van der Waals surface area contributed by atoms with Crippen LogP contribution in [0.5, 0.6) is 5.75 Å². The minimum atomic E-state index is -0.00880. The number of benzene rings is 1. The van der Waals surface area contributed by atoms with Crippen LogP contribution in [0.1, 0.15) is 25.2 Å².